The first-order valence-corrected chi connectivity index (χ1v) is 7.05. The molecule has 0 radical (unpaired) electrons. The van der Waals surface area contributed by atoms with Crippen LogP contribution in [-0.4, -0.2) is 115 Å². The van der Waals surface area contributed by atoms with Gasteiger partial charge < -0.3 is 55.1 Å². The van der Waals surface area contributed by atoms with Crippen LogP contribution in [0.2, 0.25) is 0 Å². The number of hydrogen-bond acceptors (Lipinski definition) is 11. The minimum Gasteiger partial charge on any atom is -0.394 e. The first kappa shape index (κ1) is 18.9. The highest BCUT2D eigenvalue weighted by atomic mass is 16.7. The Morgan fingerprint density at radius 2 is 1.43 bits per heavy atom. The maximum absolute atomic E-state index is 10.1. The third-order valence-corrected chi connectivity index (χ3v) is 4.03. The summed E-state index contributed by atoms with van der Waals surface area (Å²) in [4.78, 5) is 0. The first-order valence-electron chi connectivity index (χ1n) is 7.05. The highest BCUT2D eigenvalue weighted by molar-refractivity contribution is 4.98. The smallest absolute Gasteiger partial charge is 0.219 e. The molecule has 0 unspecified atom stereocenters. The number of ether oxygens (including phenoxy) is 3. The minimum atomic E-state index is -2.37. The van der Waals surface area contributed by atoms with E-state index in [0.29, 0.717) is 0 Å². The Morgan fingerprint density at radius 1 is 0.826 bits per heavy atom. The van der Waals surface area contributed by atoms with Gasteiger partial charge in [0.15, 0.2) is 6.29 Å². The lowest BCUT2D eigenvalue weighted by molar-refractivity contribution is -0.342. The standard InChI is InChI=1S/C12H22O11/c13-1-4-6(16)8(18)9(19)11(21-4)22-10-7(17)5(2-14)23-12(10,20)3-15/h4-11,13-20H,1-3H2/t4-,5+,6-,7+,8-,9-,10+,11-,12-/m1/s1. The van der Waals surface area contributed by atoms with E-state index in [1.807, 2.05) is 0 Å². The molecule has 0 amide bonds. The third-order valence-electron chi connectivity index (χ3n) is 4.03. The number of aliphatic hydroxyl groups excluding tert-OH is 7. The summed E-state index contributed by atoms with van der Waals surface area (Å²) >= 11 is 0. The Balaban J connectivity index is 2.15. The molecule has 2 heterocycles. The lowest BCUT2D eigenvalue weighted by Gasteiger charge is -2.41. The van der Waals surface area contributed by atoms with Gasteiger partial charge in [0.25, 0.3) is 0 Å². The second-order valence-electron chi connectivity index (χ2n) is 5.59. The molecule has 2 fully saturated rings. The summed E-state index contributed by atoms with van der Waals surface area (Å²) in [6.07, 6.45) is -12.4. The highest BCUT2D eigenvalue weighted by Gasteiger charge is 2.57. The fourth-order valence-electron chi connectivity index (χ4n) is 2.64. The minimum absolute atomic E-state index is 0.669. The lowest BCUT2D eigenvalue weighted by atomic mass is 9.99. The topological polar surface area (TPSA) is 190 Å². The van der Waals surface area contributed by atoms with Gasteiger partial charge in [-0.1, -0.05) is 0 Å². The van der Waals surface area contributed by atoms with E-state index in [2.05, 4.69) is 0 Å². The maximum atomic E-state index is 10.1. The molecule has 0 aromatic carbocycles. The number of rotatable bonds is 5. The Bertz CT molecular complexity index is 393. The molecule has 11 heteroatoms. The molecule has 136 valence electrons. The van der Waals surface area contributed by atoms with Crippen LogP contribution in [0.5, 0.6) is 0 Å². The van der Waals surface area contributed by atoms with Crippen LogP contribution in [0.4, 0.5) is 0 Å². The van der Waals surface area contributed by atoms with Gasteiger partial charge >= 0.3 is 0 Å². The Kier molecular flexibility index (Phi) is 5.92. The van der Waals surface area contributed by atoms with E-state index in [4.69, 9.17) is 24.4 Å². The molecule has 8 N–H and O–H groups in total. The zero-order chi connectivity index (χ0) is 17.4. The molecule has 0 aromatic heterocycles. The van der Waals surface area contributed by atoms with Crippen LogP contribution in [0.15, 0.2) is 0 Å². The van der Waals surface area contributed by atoms with Gasteiger partial charge in [-0.2, -0.15) is 0 Å². The van der Waals surface area contributed by atoms with E-state index in [1.54, 1.807) is 0 Å². The average molecular weight is 342 g/mol. The van der Waals surface area contributed by atoms with E-state index in [9.17, 15) is 30.6 Å². The molecular weight excluding hydrogens is 320 g/mol. The van der Waals surface area contributed by atoms with Crippen molar-refractivity contribution in [3.8, 4) is 0 Å². The van der Waals surface area contributed by atoms with Crippen molar-refractivity contribution in [1.82, 2.24) is 0 Å². The quantitative estimate of drug-likeness (QED) is 0.238. The molecular formula is C12H22O11. The monoisotopic (exact) mass is 342 g/mol. The normalized spacial score (nSPS) is 51.1. The zero-order valence-corrected chi connectivity index (χ0v) is 12.0. The Labute approximate surface area is 130 Å². The van der Waals surface area contributed by atoms with Gasteiger partial charge in [-0.3, -0.25) is 0 Å². The largest absolute Gasteiger partial charge is 0.394 e. The second-order valence-corrected chi connectivity index (χ2v) is 5.59. The average Bonchev–Trinajstić information content (AvgIpc) is 2.79. The summed E-state index contributed by atoms with van der Waals surface area (Å²) in [7, 11) is 0. The van der Waals surface area contributed by atoms with E-state index < -0.39 is 74.6 Å². The molecule has 0 saturated carbocycles. The van der Waals surface area contributed by atoms with Crippen LogP contribution in [-0.2, 0) is 14.2 Å². The first-order chi connectivity index (χ1) is 10.8. The predicted molar refractivity (Wildman–Crippen MR) is 68.6 cm³/mol. The van der Waals surface area contributed by atoms with Gasteiger partial charge in [-0.05, 0) is 0 Å². The van der Waals surface area contributed by atoms with Crippen LogP contribution in [0.25, 0.3) is 0 Å². The Morgan fingerprint density at radius 3 is 1.96 bits per heavy atom. The Hall–Kier alpha value is -0.440. The van der Waals surface area contributed by atoms with E-state index in [0.717, 1.165) is 0 Å². The predicted octanol–water partition coefficient (Wildman–Crippen LogP) is -5.40. The van der Waals surface area contributed by atoms with Crippen molar-refractivity contribution >= 4 is 0 Å². The molecule has 0 aromatic rings. The molecule has 2 rings (SSSR count). The van der Waals surface area contributed by atoms with Crippen molar-refractivity contribution in [2.45, 2.75) is 54.8 Å². The van der Waals surface area contributed by atoms with E-state index >= 15 is 0 Å². The molecule has 23 heavy (non-hydrogen) atoms. The fraction of sp³-hybridized carbons (Fsp3) is 1.00. The van der Waals surface area contributed by atoms with Gasteiger partial charge in [0.2, 0.25) is 5.79 Å². The SMILES string of the molecule is OC[C@@H]1O[C@](O)(CO)[C@@H](O[C@H]2O[C@H](CO)[C@@H](O)[C@@H](O)[C@H]2O)[C@H]1O. The van der Waals surface area contributed by atoms with Crippen LogP contribution in [0.3, 0.4) is 0 Å². The molecule has 2 aliphatic heterocycles. The van der Waals surface area contributed by atoms with Crippen molar-refractivity contribution in [3.05, 3.63) is 0 Å². The van der Waals surface area contributed by atoms with Crippen LogP contribution < -0.4 is 0 Å². The summed E-state index contributed by atoms with van der Waals surface area (Å²) in [6, 6.07) is 0. The maximum Gasteiger partial charge on any atom is 0.219 e. The van der Waals surface area contributed by atoms with Crippen molar-refractivity contribution in [2.75, 3.05) is 19.8 Å². The van der Waals surface area contributed by atoms with Crippen LogP contribution in [0, 0.1) is 0 Å². The highest BCUT2D eigenvalue weighted by Crippen LogP contribution is 2.34. The molecule has 0 spiro atoms. The van der Waals surface area contributed by atoms with Gasteiger partial charge in [0.05, 0.1) is 19.8 Å². The van der Waals surface area contributed by atoms with E-state index in [1.165, 1.54) is 0 Å². The van der Waals surface area contributed by atoms with Crippen LogP contribution >= 0.6 is 0 Å². The summed E-state index contributed by atoms with van der Waals surface area (Å²) < 4.78 is 15.2. The molecule has 9 atom stereocenters. The summed E-state index contributed by atoms with van der Waals surface area (Å²) in [5.41, 5.74) is 0. The lowest BCUT2D eigenvalue weighted by Crippen LogP contribution is -2.61. The summed E-state index contributed by atoms with van der Waals surface area (Å²) in [6.45, 7) is -2.33. The zero-order valence-electron chi connectivity index (χ0n) is 12.0. The van der Waals surface area contributed by atoms with Crippen LogP contribution in [0.1, 0.15) is 0 Å². The van der Waals surface area contributed by atoms with Gasteiger partial charge in [-0.15, -0.1) is 0 Å². The van der Waals surface area contributed by atoms with Crippen molar-refractivity contribution in [1.29, 1.82) is 0 Å². The molecule has 11 nitrogen and oxygen atoms in total. The second kappa shape index (κ2) is 7.21. The van der Waals surface area contributed by atoms with Gasteiger partial charge in [0.1, 0.15) is 42.7 Å². The van der Waals surface area contributed by atoms with E-state index in [-0.39, 0.29) is 0 Å². The van der Waals surface area contributed by atoms with Crippen molar-refractivity contribution in [3.63, 3.8) is 0 Å². The fourth-order valence-corrected chi connectivity index (χ4v) is 2.64. The van der Waals surface area contributed by atoms with Crippen molar-refractivity contribution < 1.29 is 55.1 Å². The van der Waals surface area contributed by atoms with Gasteiger partial charge in [-0.25, -0.2) is 0 Å². The van der Waals surface area contributed by atoms with Gasteiger partial charge in [0, 0.05) is 0 Å². The number of aliphatic hydroxyl groups is 8. The summed E-state index contributed by atoms with van der Waals surface area (Å²) in [5, 5.41) is 76.7. The van der Waals surface area contributed by atoms with Crippen molar-refractivity contribution in [2.24, 2.45) is 0 Å². The third kappa shape index (κ3) is 3.36. The molecule has 2 saturated heterocycles. The molecule has 0 aliphatic carbocycles. The number of hydrogen-bond donors (Lipinski definition) is 8. The molecule has 0 bridgehead atoms. The summed E-state index contributed by atoms with van der Waals surface area (Å²) in [5.74, 6) is -2.37. The molecule has 2 aliphatic rings.